The zero-order valence-electron chi connectivity index (χ0n) is 14.5. The maximum atomic E-state index is 12.6. The highest BCUT2D eigenvalue weighted by molar-refractivity contribution is 5.88. The van der Waals surface area contributed by atoms with Gasteiger partial charge in [-0.1, -0.05) is 30.3 Å². The highest BCUT2D eigenvalue weighted by Gasteiger charge is 2.36. The van der Waals surface area contributed by atoms with Crippen molar-refractivity contribution in [3.05, 3.63) is 35.9 Å². The van der Waals surface area contributed by atoms with Crippen LogP contribution in [0.15, 0.2) is 30.3 Å². The first-order valence-corrected chi connectivity index (χ1v) is 8.47. The molecule has 2 atom stereocenters. The van der Waals surface area contributed by atoms with Gasteiger partial charge in [0.25, 0.3) is 0 Å². The summed E-state index contributed by atoms with van der Waals surface area (Å²) in [5.74, 6) is 0.0403. The van der Waals surface area contributed by atoms with E-state index in [1.165, 1.54) is 0 Å². The van der Waals surface area contributed by atoms with Crippen molar-refractivity contribution in [2.24, 2.45) is 5.73 Å². The van der Waals surface area contributed by atoms with E-state index in [1.807, 2.05) is 44.2 Å². The first kappa shape index (κ1) is 20.5. The molecule has 5 nitrogen and oxygen atoms in total. The molecule has 1 heterocycles. The number of nitrogens with zero attached hydrogens (tertiary/aromatic N) is 2. The molecule has 0 saturated carbocycles. The molecule has 1 saturated heterocycles. The molecule has 1 aliphatic rings. The summed E-state index contributed by atoms with van der Waals surface area (Å²) in [5.41, 5.74) is 7.10. The Bertz CT molecular complexity index is 534. The van der Waals surface area contributed by atoms with Crippen molar-refractivity contribution >= 4 is 24.2 Å². The zero-order valence-corrected chi connectivity index (χ0v) is 15.3. The Morgan fingerprint density at radius 2 is 1.88 bits per heavy atom. The van der Waals surface area contributed by atoms with E-state index in [0.29, 0.717) is 19.6 Å². The summed E-state index contributed by atoms with van der Waals surface area (Å²) in [7, 11) is 0. The van der Waals surface area contributed by atoms with Crippen molar-refractivity contribution in [1.82, 2.24) is 9.80 Å². The number of rotatable bonds is 6. The summed E-state index contributed by atoms with van der Waals surface area (Å²) in [4.78, 5) is 28.7. The molecule has 1 aliphatic heterocycles. The van der Waals surface area contributed by atoms with Crippen LogP contribution in [-0.2, 0) is 9.59 Å². The summed E-state index contributed by atoms with van der Waals surface area (Å²) in [5, 5.41) is 0. The lowest BCUT2D eigenvalue weighted by Crippen LogP contribution is -2.48. The number of likely N-dealkylation sites (tertiary alicyclic amines) is 1. The fourth-order valence-corrected chi connectivity index (χ4v) is 3.19. The number of carbonyl (C=O) groups excluding carboxylic acids is 2. The number of amides is 2. The molecule has 1 fully saturated rings. The van der Waals surface area contributed by atoms with E-state index in [0.717, 1.165) is 18.4 Å². The van der Waals surface area contributed by atoms with Crippen LogP contribution in [0.25, 0.3) is 0 Å². The third kappa shape index (κ3) is 4.71. The monoisotopic (exact) mass is 353 g/mol. The van der Waals surface area contributed by atoms with Crippen LogP contribution in [0.4, 0.5) is 0 Å². The molecule has 1 aromatic carbocycles. The maximum absolute atomic E-state index is 12.6. The number of likely N-dealkylation sites (N-methyl/N-ethyl adjacent to an activating group) is 1. The highest BCUT2D eigenvalue weighted by atomic mass is 35.5. The van der Waals surface area contributed by atoms with Gasteiger partial charge in [0.1, 0.15) is 6.04 Å². The molecule has 24 heavy (non-hydrogen) atoms. The number of benzene rings is 1. The molecule has 0 aliphatic carbocycles. The summed E-state index contributed by atoms with van der Waals surface area (Å²) < 4.78 is 0. The van der Waals surface area contributed by atoms with Gasteiger partial charge in [-0.15, -0.1) is 12.4 Å². The second-order valence-electron chi connectivity index (χ2n) is 5.98. The van der Waals surface area contributed by atoms with Crippen molar-refractivity contribution in [3.8, 4) is 0 Å². The number of hydrogen-bond acceptors (Lipinski definition) is 3. The lowest BCUT2D eigenvalue weighted by molar-refractivity contribution is -0.143. The molecular formula is C18H28ClN3O2. The van der Waals surface area contributed by atoms with Crippen molar-refractivity contribution in [2.75, 3.05) is 19.6 Å². The van der Waals surface area contributed by atoms with Gasteiger partial charge in [0.05, 0.1) is 0 Å². The molecule has 0 bridgehead atoms. The quantitative estimate of drug-likeness (QED) is 0.853. The van der Waals surface area contributed by atoms with Crippen LogP contribution >= 0.6 is 12.4 Å². The molecule has 0 aromatic heterocycles. The Morgan fingerprint density at radius 1 is 1.25 bits per heavy atom. The van der Waals surface area contributed by atoms with Gasteiger partial charge in [0, 0.05) is 32.1 Å². The first-order chi connectivity index (χ1) is 11.1. The summed E-state index contributed by atoms with van der Waals surface area (Å²) in [6, 6.07) is 8.99. The molecule has 2 rings (SSSR count). The standard InChI is InChI=1S/C18H27N3O2.ClH/c1-3-20(4-2)18(23)16-11-8-12-21(16)17(22)13-15(19)14-9-6-5-7-10-14;/h5-7,9-10,15-16H,3-4,8,11-13,19H2,1-2H3;1H. The van der Waals surface area contributed by atoms with Crippen LogP contribution in [0.2, 0.25) is 0 Å². The second kappa shape index (κ2) is 9.64. The second-order valence-corrected chi connectivity index (χ2v) is 5.98. The van der Waals surface area contributed by atoms with Gasteiger partial charge in [-0.2, -0.15) is 0 Å². The number of hydrogen-bond donors (Lipinski definition) is 1. The van der Waals surface area contributed by atoms with E-state index in [2.05, 4.69) is 0 Å². The molecule has 2 unspecified atom stereocenters. The minimum atomic E-state index is -0.325. The molecule has 2 N–H and O–H groups in total. The Morgan fingerprint density at radius 3 is 2.46 bits per heavy atom. The molecule has 6 heteroatoms. The van der Waals surface area contributed by atoms with Crippen LogP contribution in [0.5, 0.6) is 0 Å². The van der Waals surface area contributed by atoms with E-state index in [1.54, 1.807) is 9.80 Å². The Balaban J connectivity index is 0.00000288. The van der Waals surface area contributed by atoms with Gasteiger partial charge in [-0.05, 0) is 32.3 Å². The predicted molar refractivity (Wildman–Crippen MR) is 97.9 cm³/mol. The van der Waals surface area contributed by atoms with E-state index in [4.69, 9.17) is 5.73 Å². The third-order valence-corrected chi connectivity index (χ3v) is 4.56. The summed E-state index contributed by atoms with van der Waals surface area (Å²) in [6.45, 7) is 5.94. The van der Waals surface area contributed by atoms with Crippen LogP contribution < -0.4 is 5.73 Å². The smallest absolute Gasteiger partial charge is 0.245 e. The third-order valence-electron chi connectivity index (χ3n) is 4.56. The SMILES string of the molecule is CCN(CC)C(=O)C1CCCN1C(=O)CC(N)c1ccccc1.Cl. The zero-order chi connectivity index (χ0) is 16.8. The fraction of sp³-hybridized carbons (Fsp3) is 0.556. The minimum absolute atomic E-state index is 0. The van der Waals surface area contributed by atoms with E-state index < -0.39 is 0 Å². The maximum Gasteiger partial charge on any atom is 0.245 e. The predicted octanol–water partition coefficient (Wildman–Crippen LogP) is 2.36. The van der Waals surface area contributed by atoms with Gasteiger partial charge in [-0.3, -0.25) is 9.59 Å². The molecule has 134 valence electrons. The first-order valence-electron chi connectivity index (χ1n) is 8.47. The average Bonchev–Trinajstić information content (AvgIpc) is 3.06. The van der Waals surface area contributed by atoms with Gasteiger partial charge >= 0.3 is 0 Å². The lowest BCUT2D eigenvalue weighted by atomic mass is 10.0. The van der Waals surface area contributed by atoms with Gasteiger partial charge in [0.2, 0.25) is 11.8 Å². The lowest BCUT2D eigenvalue weighted by Gasteiger charge is -2.29. The Kier molecular flexibility index (Phi) is 8.22. The van der Waals surface area contributed by atoms with Crippen LogP contribution in [0.3, 0.4) is 0 Å². The molecular weight excluding hydrogens is 326 g/mol. The average molecular weight is 354 g/mol. The molecule has 0 spiro atoms. The highest BCUT2D eigenvalue weighted by Crippen LogP contribution is 2.23. The van der Waals surface area contributed by atoms with E-state index in [9.17, 15) is 9.59 Å². The summed E-state index contributed by atoms with van der Waals surface area (Å²) >= 11 is 0. The normalized spacial score (nSPS) is 18.0. The molecule has 1 aromatic rings. The van der Waals surface area contributed by atoms with Gasteiger partial charge in [-0.25, -0.2) is 0 Å². The van der Waals surface area contributed by atoms with E-state index >= 15 is 0 Å². The molecule has 2 amide bonds. The van der Waals surface area contributed by atoms with Crippen molar-refractivity contribution in [1.29, 1.82) is 0 Å². The van der Waals surface area contributed by atoms with E-state index in [-0.39, 0.29) is 42.7 Å². The van der Waals surface area contributed by atoms with Crippen molar-refractivity contribution in [2.45, 2.75) is 45.2 Å². The van der Waals surface area contributed by atoms with Crippen LogP contribution in [0.1, 0.15) is 44.7 Å². The topological polar surface area (TPSA) is 66.6 Å². The fourth-order valence-electron chi connectivity index (χ4n) is 3.19. The molecule has 0 radical (unpaired) electrons. The largest absolute Gasteiger partial charge is 0.341 e. The van der Waals surface area contributed by atoms with Crippen LogP contribution in [0, 0.1) is 0 Å². The number of nitrogens with two attached hydrogens (primary N) is 1. The minimum Gasteiger partial charge on any atom is -0.341 e. The van der Waals surface area contributed by atoms with Gasteiger partial charge < -0.3 is 15.5 Å². The number of halogens is 1. The van der Waals surface area contributed by atoms with Crippen molar-refractivity contribution in [3.63, 3.8) is 0 Å². The number of carbonyl (C=O) groups is 2. The van der Waals surface area contributed by atoms with Crippen LogP contribution in [-0.4, -0.2) is 47.3 Å². The summed E-state index contributed by atoms with van der Waals surface area (Å²) in [6.07, 6.45) is 1.87. The Labute approximate surface area is 150 Å². The Hall–Kier alpha value is -1.59. The van der Waals surface area contributed by atoms with Crippen molar-refractivity contribution < 1.29 is 9.59 Å². The van der Waals surface area contributed by atoms with Gasteiger partial charge in [0.15, 0.2) is 0 Å².